The minimum absolute atomic E-state index is 0.103. The maximum atomic E-state index is 12.6. The molecule has 0 unspecified atom stereocenters. The van der Waals surface area contributed by atoms with Crippen LogP contribution in [0.1, 0.15) is 18.9 Å². The van der Waals surface area contributed by atoms with E-state index in [4.69, 9.17) is 0 Å². The van der Waals surface area contributed by atoms with E-state index in [2.05, 4.69) is 5.32 Å². The summed E-state index contributed by atoms with van der Waals surface area (Å²) in [6, 6.07) is 8.67. The minimum atomic E-state index is -3.55. The normalized spacial score (nSPS) is 24.7. The Balaban J connectivity index is 1.70. The highest BCUT2D eigenvalue weighted by Gasteiger charge is 2.43. The van der Waals surface area contributed by atoms with Gasteiger partial charge in [0, 0.05) is 32.1 Å². The Hall–Kier alpha value is -1.93. The average Bonchev–Trinajstić information content (AvgIpc) is 2.90. The van der Waals surface area contributed by atoms with Gasteiger partial charge in [-0.15, -0.1) is 0 Å². The Kier molecular flexibility index (Phi) is 4.60. The molecule has 1 aromatic carbocycles. The third kappa shape index (κ3) is 3.59. The molecule has 1 N–H and O–H groups in total. The van der Waals surface area contributed by atoms with Crippen LogP contribution in [0.5, 0.6) is 0 Å². The number of nitrogens with zero attached hydrogens (tertiary/aromatic N) is 2. The molecule has 0 aliphatic carbocycles. The van der Waals surface area contributed by atoms with Crippen molar-refractivity contribution < 1.29 is 18.0 Å². The average molecular weight is 351 g/mol. The summed E-state index contributed by atoms with van der Waals surface area (Å²) in [4.78, 5) is 25.2. The van der Waals surface area contributed by atoms with Crippen molar-refractivity contribution in [3.05, 3.63) is 35.9 Å². The van der Waals surface area contributed by atoms with Crippen LogP contribution in [0.15, 0.2) is 30.3 Å². The zero-order valence-corrected chi connectivity index (χ0v) is 14.3. The Morgan fingerprint density at radius 2 is 1.96 bits per heavy atom. The Bertz CT molecular complexity index is 735. The van der Waals surface area contributed by atoms with Crippen LogP contribution in [-0.4, -0.2) is 61.2 Å². The standard InChI is InChI=1S/C16H21N3O4S/c1-12(20)17-14-7-15-9-18(10-16(21)19(15)8-14)24(22,23)11-13-5-3-2-4-6-13/h2-6,14-15H,7-11H2,1H3,(H,17,20)/t14-,15-/m0/s1. The molecule has 0 radical (unpaired) electrons. The second-order valence-corrected chi connectivity index (χ2v) is 8.34. The number of carbonyl (C=O) groups is 2. The molecule has 2 aliphatic heterocycles. The zero-order chi connectivity index (χ0) is 17.3. The van der Waals surface area contributed by atoms with Crippen molar-refractivity contribution in [1.29, 1.82) is 0 Å². The molecule has 0 saturated carbocycles. The zero-order valence-electron chi connectivity index (χ0n) is 13.5. The van der Waals surface area contributed by atoms with E-state index in [1.54, 1.807) is 29.2 Å². The molecular weight excluding hydrogens is 330 g/mol. The number of sulfonamides is 1. The first kappa shape index (κ1) is 16.9. The molecule has 1 aromatic rings. The Morgan fingerprint density at radius 3 is 2.62 bits per heavy atom. The van der Waals surface area contributed by atoms with Gasteiger partial charge < -0.3 is 10.2 Å². The van der Waals surface area contributed by atoms with E-state index in [9.17, 15) is 18.0 Å². The molecule has 24 heavy (non-hydrogen) atoms. The fraction of sp³-hybridized carbons (Fsp3) is 0.500. The Labute approximate surface area is 141 Å². The number of rotatable bonds is 4. The lowest BCUT2D eigenvalue weighted by Gasteiger charge is -2.36. The van der Waals surface area contributed by atoms with Crippen molar-refractivity contribution in [3.8, 4) is 0 Å². The van der Waals surface area contributed by atoms with Gasteiger partial charge in [0.2, 0.25) is 21.8 Å². The van der Waals surface area contributed by atoms with Crippen molar-refractivity contribution in [2.45, 2.75) is 31.2 Å². The first-order chi connectivity index (χ1) is 11.3. The van der Waals surface area contributed by atoms with E-state index < -0.39 is 10.0 Å². The highest BCUT2D eigenvalue weighted by molar-refractivity contribution is 7.88. The first-order valence-corrected chi connectivity index (χ1v) is 9.54. The summed E-state index contributed by atoms with van der Waals surface area (Å²) in [5, 5.41) is 2.81. The van der Waals surface area contributed by atoms with Crippen LogP contribution in [0.25, 0.3) is 0 Å². The molecule has 0 aromatic heterocycles. The van der Waals surface area contributed by atoms with Crippen molar-refractivity contribution in [1.82, 2.24) is 14.5 Å². The van der Waals surface area contributed by atoms with Crippen LogP contribution in [0.3, 0.4) is 0 Å². The van der Waals surface area contributed by atoms with E-state index in [1.165, 1.54) is 11.2 Å². The lowest BCUT2D eigenvalue weighted by molar-refractivity contribution is -0.135. The molecule has 0 spiro atoms. The number of piperazine rings is 1. The molecule has 3 rings (SSSR count). The number of benzene rings is 1. The van der Waals surface area contributed by atoms with Gasteiger partial charge in [-0.25, -0.2) is 8.42 Å². The van der Waals surface area contributed by atoms with Crippen molar-refractivity contribution in [2.24, 2.45) is 0 Å². The van der Waals surface area contributed by atoms with E-state index in [-0.39, 0.29) is 42.7 Å². The van der Waals surface area contributed by atoms with Crippen LogP contribution in [0, 0.1) is 0 Å². The SMILES string of the molecule is CC(=O)N[C@H]1C[C@H]2CN(S(=O)(=O)Cc3ccccc3)CC(=O)N2C1. The number of hydrogen-bond acceptors (Lipinski definition) is 4. The largest absolute Gasteiger partial charge is 0.352 e. The van der Waals surface area contributed by atoms with Crippen LogP contribution in [-0.2, 0) is 25.4 Å². The molecule has 2 saturated heterocycles. The number of hydrogen-bond donors (Lipinski definition) is 1. The predicted molar refractivity (Wildman–Crippen MR) is 88.4 cm³/mol. The maximum absolute atomic E-state index is 12.6. The second-order valence-electron chi connectivity index (χ2n) is 6.37. The van der Waals surface area contributed by atoms with E-state index in [1.807, 2.05) is 6.07 Å². The molecule has 2 fully saturated rings. The van der Waals surface area contributed by atoms with Gasteiger partial charge in [0.1, 0.15) is 0 Å². The monoisotopic (exact) mass is 351 g/mol. The molecule has 130 valence electrons. The fourth-order valence-corrected chi connectivity index (χ4v) is 4.92. The summed E-state index contributed by atoms with van der Waals surface area (Å²) in [7, 11) is -3.55. The minimum Gasteiger partial charge on any atom is -0.352 e. The van der Waals surface area contributed by atoms with Crippen molar-refractivity contribution in [3.63, 3.8) is 0 Å². The van der Waals surface area contributed by atoms with Gasteiger partial charge in [-0.05, 0) is 12.0 Å². The van der Waals surface area contributed by atoms with Crippen molar-refractivity contribution >= 4 is 21.8 Å². The van der Waals surface area contributed by atoms with E-state index in [0.717, 1.165) is 0 Å². The Morgan fingerprint density at radius 1 is 1.25 bits per heavy atom. The number of nitrogens with one attached hydrogen (secondary N) is 1. The quantitative estimate of drug-likeness (QED) is 0.823. The van der Waals surface area contributed by atoms with E-state index in [0.29, 0.717) is 18.5 Å². The van der Waals surface area contributed by atoms with Crippen LogP contribution < -0.4 is 5.32 Å². The van der Waals surface area contributed by atoms with E-state index >= 15 is 0 Å². The van der Waals surface area contributed by atoms with Gasteiger partial charge in [-0.2, -0.15) is 4.31 Å². The van der Waals surface area contributed by atoms with Gasteiger partial charge in [0.15, 0.2) is 0 Å². The van der Waals surface area contributed by atoms with Crippen molar-refractivity contribution in [2.75, 3.05) is 19.6 Å². The molecule has 2 atom stereocenters. The molecule has 0 bridgehead atoms. The first-order valence-electron chi connectivity index (χ1n) is 7.93. The fourth-order valence-electron chi connectivity index (χ4n) is 3.42. The number of fused-ring (bicyclic) bond motifs is 1. The topological polar surface area (TPSA) is 86.8 Å². The third-order valence-electron chi connectivity index (χ3n) is 4.45. The van der Waals surface area contributed by atoms with Crippen LogP contribution in [0.4, 0.5) is 0 Å². The van der Waals surface area contributed by atoms with Gasteiger partial charge in [-0.3, -0.25) is 9.59 Å². The highest BCUT2D eigenvalue weighted by Crippen LogP contribution is 2.25. The summed E-state index contributed by atoms with van der Waals surface area (Å²) in [6.45, 7) is 2.06. The molecule has 2 aliphatic rings. The summed E-state index contributed by atoms with van der Waals surface area (Å²) in [5.74, 6) is -0.445. The molecule has 7 nitrogen and oxygen atoms in total. The smallest absolute Gasteiger partial charge is 0.238 e. The molecule has 8 heteroatoms. The lowest BCUT2D eigenvalue weighted by Crippen LogP contribution is -2.55. The highest BCUT2D eigenvalue weighted by atomic mass is 32.2. The predicted octanol–water partition coefficient (Wildman–Crippen LogP) is -0.0624. The molecule has 2 amide bonds. The van der Waals surface area contributed by atoms with Gasteiger partial charge in [-0.1, -0.05) is 30.3 Å². The summed E-state index contributed by atoms with van der Waals surface area (Å²) in [5.41, 5.74) is 0.704. The summed E-state index contributed by atoms with van der Waals surface area (Å²) in [6.07, 6.45) is 0.586. The third-order valence-corrected chi connectivity index (χ3v) is 6.22. The lowest BCUT2D eigenvalue weighted by atomic mass is 10.1. The van der Waals surface area contributed by atoms with Gasteiger partial charge in [0.25, 0.3) is 0 Å². The molecular formula is C16H21N3O4S. The number of carbonyl (C=O) groups excluding carboxylic acids is 2. The maximum Gasteiger partial charge on any atom is 0.238 e. The second kappa shape index (κ2) is 6.52. The van der Waals surface area contributed by atoms with Gasteiger partial charge in [0.05, 0.1) is 12.3 Å². The molecule has 2 heterocycles. The summed E-state index contributed by atoms with van der Waals surface area (Å²) >= 11 is 0. The van der Waals surface area contributed by atoms with Gasteiger partial charge >= 0.3 is 0 Å². The summed E-state index contributed by atoms with van der Waals surface area (Å²) < 4.78 is 26.5. The van der Waals surface area contributed by atoms with Crippen LogP contribution in [0.2, 0.25) is 0 Å². The van der Waals surface area contributed by atoms with Crippen LogP contribution >= 0.6 is 0 Å². The number of amides is 2.